The maximum atomic E-state index is 13.2. The molecular weight excluding hydrogens is 362 g/mol. The molecule has 1 heterocycles. The van der Waals surface area contributed by atoms with Crippen molar-refractivity contribution in [2.75, 3.05) is 14.2 Å². The van der Waals surface area contributed by atoms with E-state index in [1.807, 2.05) is 30.3 Å². The number of methoxy groups -OCH3 is 2. The van der Waals surface area contributed by atoms with Gasteiger partial charge in [0.15, 0.2) is 0 Å². The van der Waals surface area contributed by atoms with Gasteiger partial charge in [-0.25, -0.2) is 4.79 Å². The molecule has 0 spiro atoms. The van der Waals surface area contributed by atoms with Gasteiger partial charge in [0.25, 0.3) is 11.6 Å². The first-order chi connectivity index (χ1) is 13.3. The number of nitrogens with zero attached hydrogens (tertiary/aromatic N) is 1. The van der Waals surface area contributed by atoms with Gasteiger partial charge in [-0.2, -0.15) is 0 Å². The van der Waals surface area contributed by atoms with Crippen LogP contribution in [-0.4, -0.2) is 42.2 Å². The van der Waals surface area contributed by atoms with Gasteiger partial charge < -0.3 is 19.3 Å². The summed E-state index contributed by atoms with van der Waals surface area (Å²) in [6.45, 7) is 3.36. The Balaban J connectivity index is 2.18. The van der Waals surface area contributed by atoms with Gasteiger partial charge in [-0.15, -0.1) is 0 Å². The zero-order chi connectivity index (χ0) is 20.5. The fourth-order valence-electron chi connectivity index (χ4n) is 3.29. The van der Waals surface area contributed by atoms with Crippen molar-refractivity contribution in [3.8, 4) is 11.5 Å². The second kappa shape index (κ2) is 7.52. The Morgan fingerprint density at radius 2 is 1.82 bits per heavy atom. The maximum Gasteiger partial charge on any atom is 0.365 e. The van der Waals surface area contributed by atoms with Crippen molar-refractivity contribution in [1.82, 2.24) is 4.90 Å². The summed E-state index contributed by atoms with van der Waals surface area (Å²) >= 11 is 0. The summed E-state index contributed by atoms with van der Waals surface area (Å²) in [5, 5.41) is 11.5. The molecule has 3 rings (SSSR count). The summed E-state index contributed by atoms with van der Waals surface area (Å²) in [5.74, 6) is -0.903. The molecule has 1 amide bonds. The lowest BCUT2D eigenvalue weighted by Gasteiger charge is -2.33. The predicted molar refractivity (Wildman–Crippen MR) is 101 cm³/mol. The molecule has 28 heavy (non-hydrogen) atoms. The maximum absolute atomic E-state index is 13.2. The number of esters is 1. The molecule has 0 aromatic heterocycles. The minimum atomic E-state index is -2.32. The van der Waals surface area contributed by atoms with Gasteiger partial charge in [0.1, 0.15) is 11.5 Å². The number of fused-ring (bicyclic) bond motifs is 1. The van der Waals surface area contributed by atoms with Crippen LogP contribution in [0.5, 0.6) is 11.5 Å². The Kier molecular flexibility index (Phi) is 5.29. The minimum Gasteiger partial charge on any atom is -0.497 e. The van der Waals surface area contributed by atoms with Crippen LogP contribution in [0.2, 0.25) is 0 Å². The second-order valence-electron chi connectivity index (χ2n) is 6.76. The third kappa shape index (κ3) is 3.18. The third-order valence-corrected chi connectivity index (χ3v) is 4.56. The van der Waals surface area contributed by atoms with Gasteiger partial charge in [-0.05, 0) is 25.5 Å². The minimum absolute atomic E-state index is 0.0174. The van der Waals surface area contributed by atoms with Crippen LogP contribution >= 0.6 is 0 Å². The summed E-state index contributed by atoms with van der Waals surface area (Å²) in [7, 11) is 2.86. The Morgan fingerprint density at radius 3 is 2.39 bits per heavy atom. The van der Waals surface area contributed by atoms with E-state index in [9.17, 15) is 14.7 Å². The van der Waals surface area contributed by atoms with Crippen molar-refractivity contribution in [2.45, 2.75) is 32.2 Å². The molecule has 1 aliphatic rings. The first-order valence-electron chi connectivity index (χ1n) is 8.88. The normalized spacial score (nSPS) is 18.2. The summed E-state index contributed by atoms with van der Waals surface area (Å²) in [4.78, 5) is 27.2. The first-order valence-corrected chi connectivity index (χ1v) is 8.88. The number of rotatable bonds is 6. The smallest absolute Gasteiger partial charge is 0.365 e. The number of ether oxygens (including phenoxy) is 3. The van der Waals surface area contributed by atoms with Crippen molar-refractivity contribution < 1.29 is 28.9 Å². The topological polar surface area (TPSA) is 85.3 Å². The number of carbonyl (C=O) groups excluding carboxylic acids is 2. The van der Waals surface area contributed by atoms with Crippen LogP contribution < -0.4 is 9.47 Å². The Bertz CT molecular complexity index is 895. The van der Waals surface area contributed by atoms with Crippen LogP contribution in [0.15, 0.2) is 42.5 Å². The molecule has 148 valence electrons. The van der Waals surface area contributed by atoms with Gasteiger partial charge in [-0.1, -0.05) is 30.3 Å². The van der Waals surface area contributed by atoms with Gasteiger partial charge >= 0.3 is 5.97 Å². The van der Waals surface area contributed by atoms with Crippen LogP contribution in [0.25, 0.3) is 0 Å². The van der Waals surface area contributed by atoms with Crippen molar-refractivity contribution >= 4 is 11.9 Å². The van der Waals surface area contributed by atoms with Crippen LogP contribution in [0.1, 0.15) is 35.3 Å². The predicted octanol–water partition coefficient (Wildman–Crippen LogP) is 2.46. The second-order valence-corrected chi connectivity index (χ2v) is 6.76. The number of hydrogen-bond acceptors (Lipinski definition) is 6. The molecule has 1 atom stereocenters. The van der Waals surface area contributed by atoms with Crippen LogP contribution in [0.4, 0.5) is 0 Å². The van der Waals surface area contributed by atoms with Crippen LogP contribution in [-0.2, 0) is 21.8 Å². The highest BCUT2D eigenvalue weighted by molar-refractivity contribution is 6.06. The molecule has 1 N–H and O–H groups in total. The quantitative estimate of drug-likeness (QED) is 0.769. The van der Waals surface area contributed by atoms with E-state index in [1.54, 1.807) is 13.8 Å². The number of benzene rings is 2. The number of carbonyl (C=O) groups is 2. The van der Waals surface area contributed by atoms with E-state index in [1.165, 1.54) is 26.4 Å². The van der Waals surface area contributed by atoms with Gasteiger partial charge in [-0.3, -0.25) is 9.69 Å². The molecule has 7 heteroatoms. The molecule has 0 aliphatic carbocycles. The largest absolute Gasteiger partial charge is 0.497 e. The van der Waals surface area contributed by atoms with E-state index < -0.39 is 23.7 Å². The van der Waals surface area contributed by atoms with Gasteiger partial charge in [0.05, 0.1) is 31.5 Å². The highest BCUT2D eigenvalue weighted by Crippen LogP contribution is 2.46. The molecule has 0 saturated heterocycles. The molecule has 0 radical (unpaired) electrons. The number of hydrogen-bond donors (Lipinski definition) is 1. The molecule has 0 fully saturated rings. The van der Waals surface area contributed by atoms with Crippen LogP contribution in [0.3, 0.4) is 0 Å². The fourth-order valence-corrected chi connectivity index (χ4v) is 3.29. The van der Waals surface area contributed by atoms with E-state index in [0.717, 1.165) is 10.5 Å². The van der Waals surface area contributed by atoms with E-state index in [0.29, 0.717) is 5.75 Å². The lowest BCUT2D eigenvalue weighted by Crippen LogP contribution is -2.50. The molecule has 2 aromatic carbocycles. The summed E-state index contributed by atoms with van der Waals surface area (Å²) in [5.41, 5.74) is -1.37. The zero-order valence-corrected chi connectivity index (χ0v) is 16.3. The average molecular weight is 385 g/mol. The molecule has 1 aliphatic heterocycles. The van der Waals surface area contributed by atoms with E-state index >= 15 is 0 Å². The highest BCUT2D eigenvalue weighted by atomic mass is 16.6. The highest BCUT2D eigenvalue weighted by Gasteiger charge is 2.57. The number of amides is 1. The van der Waals surface area contributed by atoms with Gasteiger partial charge in [0.2, 0.25) is 0 Å². The van der Waals surface area contributed by atoms with E-state index in [2.05, 4.69) is 0 Å². The molecule has 2 aromatic rings. The van der Waals surface area contributed by atoms with Crippen molar-refractivity contribution in [1.29, 1.82) is 0 Å². The van der Waals surface area contributed by atoms with E-state index in [4.69, 9.17) is 14.2 Å². The summed E-state index contributed by atoms with van der Waals surface area (Å²) < 4.78 is 15.9. The Hall–Kier alpha value is -3.06. The van der Waals surface area contributed by atoms with Crippen molar-refractivity contribution in [2.24, 2.45) is 0 Å². The lowest BCUT2D eigenvalue weighted by molar-refractivity contribution is -0.189. The lowest BCUT2D eigenvalue weighted by atomic mass is 9.99. The number of aliphatic hydroxyl groups is 1. The Morgan fingerprint density at radius 1 is 1.14 bits per heavy atom. The molecule has 0 bridgehead atoms. The monoisotopic (exact) mass is 385 g/mol. The standard InChI is InChI=1S/C21H23NO6/c1-13(2)28-20(24)21(25)18-16(10-15(26-3)11-17(18)27-4)19(23)22(21)12-14-8-6-5-7-9-14/h5-11,13,25H,12H2,1-4H3/t21-/m1/s1. The first kappa shape index (κ1) is 19.7. The summed E-state index contributed by atoms with van der Waals surface area (Å²) in [6, 6.07) is 12.1. The van der Waals surface area contributed by atoms with Crippen LogP contribution in [0, 0.1) is 0 Å². The summed E-state index contributed by atoms with van der Waals surface area (Å²) in [6.07, 6.45) is -0.474. The SMILES string of the molecule is COc1cc(OC)c2c(c1)C(=O)N(Cc1ccccc1)[C@]2(O)C(=O)OC(C)C. The van der Waals surface area contributed by atoms with Gasteiger partial charge in [0, 0.05) is 12.6 Å². The molecule has 0 saturated carbocycles. The third-order valence-electron chi connectivity index (χ3n) is 4.56. The zero-order valence-electron chi connectivity index (χ0n) is 16.3. The van der Waals surface area contributed by atoms with Crippen molar-refractivity contribution in [3.05, 3.63) is 59.2 Å². The Labute approximate surface area is 163 Å². The fraction of sp³-hybridized carbons (Fsp3) is 0.333. The molecular formula is C21H23NO6. The van der Waals surface area contributed by atoms with Crippen molar-refractivity contribution in [3.63, 3.8) is 0 Å². The molecule has 7 nitrogen and oxygen atoms in total. The molecule has 0 unspecified atom stereocenters. The average Bonchev–Trinajstić information content (AvgIpc) is 2.90. The van der Waals surface area contributed by atoms with E-state index in [-0.39, 0.29) is 23.4 Å².